The summed E-state index contributed by atoms with van der Waals surface area (Å²) < 4.78 is 33.2. The average Bonchev–Trinajstić information content (AvgIpc) is 3.22. The summed E-state index contributed by atoms with van der Waals surface area (Å²) in [7, 11) is -0.948. The predicted octanol–water partition coefficient (Wildman–Crippen LogP) is 3.93. The van der Waals surface area contributed by atoms with E-state index in [2.05, 4.69) is 11.4 Å². The average molecular weight is 451 g/mol. The molecule has 0 spiro atoms. The molecule has 0 aromatic heterocycles. The number of hydrogen-bond donors (Lipinski definition) is 1. The maximum atomic E-state index is 13.3. The molecule has 1 N–H and O–H groups in total. The van der Waals surface area contributed by atoms with Crippen LogP contribution in [0.25, 0.3) is 0 Å². The van der Waals surface area contributed by atoms with E-state index >= 15 is 0 Å². The Balaban J connectivity index is 1.59. The summed E-state index contributed by atoms with van der Waals surface area (Å²) in [6, 6.07) is 21.8. The Bertz CT molecular complexity index is 1230. The molecule has 1 atom stereocenters. The number of aryl methyl sites for hydroxylation is 1. The summed E-state index contributed by atoms with van der Waals surface area (Å²) >= 11 is 0. The lowest BCUT2D eigenvalue weighted by Gasteiger charge is -2.20. The van der Waals surface area contributed by atoms with E-state index in [4.69, 9.17) is 4.74 Å². The summed E-state index contributed by atoms with van der Waals surface area (Å²) in [4.78, 5) is 13.0. The van der Waals surface area contributed by atoms with Crippen molar-refractivity contribution in [1.82, 2.24) is 9.62 Å². The summed E-state index contributed by atoms with van der Waals surface area (Å²) in [5, 5.41) is 3.05. The van der Waals surface area contributed by atoms with Crippen LogP contribution in [0, 0.1) is 0 Å². The Kier molecular flexibility index (Phi) is 6.30. The Labute approximate surface area is 188 Å². The first-order valence-corrected chi connectivity index (χ1v) is 11.9. The molecule has 6 nitrogen and oxygen atoms in total. The number of hydrogen-bond acceptors (Lipinski definition) is 4. The molecule has 166 valence electrons. The second kappa shape index (κ2) is 9.14. The van der Waals surface area contributed by atoms with Crippen molar-refractivity contribution < 1.29 is 17.9 Å². The van der Waals surface area contributed by atoms with Gasteiger partial charge in [0.1, 0.15) is 10.6 Å². The highest BCUT2D eigenvalue weighted by Gasteiger charge is 2.28. The molecule has 32 heavy (non-hydrogen) atoms. The quantitative estimate of drug-likeness (QED) is 0.592. The fraction of sp³-hybridized carbons (Fsp3) is 0.240. The molecule has 3 aromatic rings. The van der Waals surface area contributed by atoms with Crippen molar-refractivity contribution in [1.29, 1.82) is 0 Å². The number of nitrogens with one attached hydrogen (secondary N) is 1. The minimum atomic E-state index is -3.88. The molecule has 0 aliphatic heterocycles. The van der Waals surface area contributed by atoms with E-state index in [1.165, 1.54) is 36.2 Å². The van der Waals surface area contributed by atoms with Gasteiger partial charge in [-0.3, -0.25) is 4.79 Å². The van der Waals surface area contributed by atoms with Crippen LogP contribution >= 0.6 is 0 Å². The normalized spacial score (nSPS) is 15.4. The highest BCUT2D eigenvalue weighted by atomic mass is 32.2. The lowest BCUT2D eigenvalue weighted by atomic mass is 10.1. The fourth-order valence-corrected chi connectivity index (χ4v) is 5.40. The zero-order chi connectivity index (χ0) is 22.7. The van der Waals surface area contributed by atoms with Gasteiger partial charge in [-0.2, -0.15) is 4.31 Å². The first-order chi connectivity index (χ1) is 15.4. The van der Waals surface area contributed by atoms with Crippen LogP contribution in [0.15, 0.2) is 77.7 Å². The van der Waals surface area contributed by atoms with E-state index in [9.17, 15) is 13.2 Å². The van der Waals surface area contributed by atoms with Gasteiger partial charge >= 0.3 is 0 Å². The first kappa shape index (κ1) is 22.0. The number of methoxy groups -OCH3 is 1. The minimum absolute atomic E-state index is 0.0297. The molecule has 7 heteroatoms. The standard InChI is InChI=1S/C25H26N2O4S/c1-27(17-18-8-4-3-5-9-18)32(29,30)24-16-20(13-15-23(24)31-2)25(28)26-22-14-12-19-10-6-7-11-21(19)22/h3-11,13,15-16,22H,12,14,17H2,1-2H3,(H,26,28). The number of nitrogens with zero attached hydrogens (tertiary/aromatic N) is 1. The van der Waals surface area contributed by atoms with E-state index in [0.717, 1.165) is 24.0 Å². The lowest BCUT2D eigenvalue weighted by Crippen LogP contribution is -2.29. The number of carbonyl (C=O) groups is 1. The van der Waals surface area contributed by atoms with Crippen LogP contribution in [0.2, 0.25) is 0 Å². The van der Waals surface area contributed by atoms with E-state index < -0.39 is 10.0 Å². The molecule has 0 fully saturated rings. The topological polar surface area (TPSA) is 75.7 Å². The molecule has 0 heterocycles. The number of ether oxygens (including phenoxy) is 1. The van der Waals surface area contributed by atoms with Gasteiger partial charge in [-0.1, -0.05) is 54.6 Å². The maximum Gasteiger partial charge on any atom is 0.251 e. The van der Waals surface area contributed by atoms with Crippen LogP contribution in [-0.4, -0.2) is 32.8 Å². The molecule has 0 saturated heterocycles. The number of rotatable bonds is 7. The molecule has 1 aliphatic rings. The number of fused-ring (bicyclic) bond motifs is 1. The second-order valence-electron chi connectivity index (χ2n) is 7.88. The van der Waals surface area contributed by atoms with Crippen LogP contribution in [-0.2, 0) is 23.0 Å². The van der Waals surface area contributed by atoms with Gasteiger partial charge in [-0.25, -0.2) is 8.42 Å². The number of amides is 1. The van der Waals surface area contributed by atoms with E-state index in [0.29, 0.717) is 0 Å². The highest BCUT2D eigenvalue weighted by Crippen LogP contribution is 2.32. The molecule has 1 unspecified atom stereocenters. The van der Waals surface area contributed by atoms with E-state index in [-0.39, 0.29) is 34.7 Å². The third-order valence-electron chi connectivity index (χ3n) is 5.80. The van der Waals surface area contributed by atoms with Crippen LogP contribution in [0.1, 0.15) is 39.5 Å². The van der Waals surface area contributed by atoms with Gasteiger partial charge in [0.05, 0.1) is 13.2 Å². The Hall–Kier alpha value is -3.16. The molecular formula is C25H26N2O4S. The van der Waals surface area contributed by atoms with E-state index in [1.54, 1.807) is 6.07 Å². The monoisotopic (exact) mass is 450 g/mol. The third-order valence-corrected chi connectivity index (χ3v) is 7.62. The number of benzene rings is 3. The van der Waals surface area contributed by atoms with Crippen molar-refractivity contribution in [2.45, 2.75) is 30.3 Å². The fourth-order valence-electron chi connectivity index (χ4n) is 4.06. The van der Waals surface area contributed by atoms with Crippen LogP contribution in [0.5, 0.6) is 5.75 Å². The summed E-state index contributed by atoms with van der Waals surface area (Å²) in [6.45, 7) is 0.210. The Morgan fingerprint density at radius 2 is 1.78 bits per heavy atom. The zero-order valence-electron chi connectivity index (χ0n) is 18.1. The maximum absolute atomic E-state index is 13.3. The van der Waals surface area contributed by atoms with Gasteiger partial charge < -0.3 is 10.1 Å². The van der Waals surface area contributed by atoms with Crippen LogP contribution in [0.4, 0.5) is 0 Å². The number of sulfonamides is 1. The summed E-state index contributed by atoms with van der Waals surface area (Å²) in [6.07, 6.45) is 1.74. The van der Waals surface area contributed by atoms with Crippen molar-refractivity contribution >= 4 is 15.9 Å². The molecule has 0 radical (unpaired) electrons. The van der Waals surface area contributed by atoms with Gasteiger partial charge in [-0.05, 0) is 47.7 Å². The largest absolute Gasteiger partial charge is 0.495 e. The van der Waals surface area contributed by atoms with Crippen molar-refractivity contribution in [3.05, 3.63) is 95.1 Å². The van der Waals surface area contributed by atoms with Gasteiger partial charge in [-0.15, -0.1) is 0 Å². The second-order valence-corrected chi connectivity index (χ2v) is 9.89. The molecule has 0 saturated carbocycles. The van der Waals surface area contributed by atoms with Gasteiger partial charge in [0.25, 0.3) is 5.91 Å². The third kappa shape index (κ3) is 4.40. The molecule has 3 aromatic carbocycles. The smallest absolute Gasteiger partial charge is 0.251 e. The van der Waals surface area contributed by atoms with Crippen molar-refractivity contribution in [2.75, 3.05) is 14.2 Å². The molecular weight excluding hydrogens is 424 g/mol. The zero-order valence-corrected chi connectivity index (χ0v) is 18.9. The number of carbonyl (C=O) groups excluding carboxylic acids is 1. The van der Waals surface area contributed by atoms with Gasteiger partial charge in [0, 0.05) is 19.2 Å². The summed E-state index contributed by atoms with van der Waals surface area (Å²) in [5.74, 6) is -0.107. The Morgan fingerprint density at radius 1 is 1.06 bits per heavy atom. The van der Waals surface area contributed by atoms with Crippen LogP contribution < -0.4 is 10.1 Å². The van der Waals surface area contributed by atoms with Crippen molar-refractivity contribution in [2.24, 2.45) is 0 Å². The van der Waals surface area contributed by atoms with Gasteiger partial charge in [0.15, 0.2) is 0 Å². The molecule has 4 rings (SSSR count). The van der Waals surface area contributed by atoms with E-state index in [1.807, 2.05) is 48.5 Å². The molecule has 0 bridgehead atoms. The van der Waals surface area contributed by atoms with Gasteiger partial charge in [0.2, 0.25) is 10.0 Å². The van der Waals surface area contributed by atoms with Crippen molar-refractivity contribution in [3.63, 3.8) is 0 Å². The highest BCUT2D eigenvalue weighted by molar-refractivity contribution is 7.89. The first-order valence-electron chi connectivity index (χ1n) is 10.5. The molecule has 1 aliphatic carbocycles. The lowest BCUT2D eigenvalue weighted by molar-refractivity contribution is 0.0936. The van der Waals surface area contributed by atoms with Crippen LogP contribution in [0.3, 0.4) is 0 Å². The molecule has 1 amide bonds. The minimum Gasteiger partial charge on any atom is -0.495 e. The SMILES string of the molecule is COc1ccc(C(=O)NC2CCc3ccccc32)cc1S(=O)(=O)N(C)Cc1ccccc1. The predicted molar refractivity (Wildman–Crippen MR) is 123 cm³/mol. The Morgan fingerprint density at radius 3 is 2.53 bits per heavy atom. The summed E-state index contributed by atoms with van der Waals surface area (Å²) in [5.41, 5.74) is 3.50. The van der Waals surface area contributed by atoms with Crippen molar-refractivity contribution in [3.8, 4) is 5.75 Å².